The summed E-state index contributed by atoms with van der Waals surface area (Å²) in [5.74, 6) is -3.30. The monoisotopic (exact) mass is 983 g/mol. The number of sulfonamides is 1. The predicted octanol–water partition coefficient (Wildman–Crippen LogP) is 8.71. The summed E-state index contributed by atoms with van der Waals surface area (Å²) in [5.41, 5.74) is 4.56. The molecule has 9 rings (SSSR count). The molecule has 3 aromatic carbocycles. The Morgan fingerprint density at radius 2 is 1.87 bits per heavy atom. The number of allylic oxidation sites excluding steroid dienone is 1. The number of nitrogens with one attached hydrogen (secondary N) is 3. The van der Waals surface area contributed by atoms with Crippen LogP contribution in [0.4, 0.5) is 25.8 Å². The first-order valence-electron chi connectivity index (χ1n) is 22.4. The van der Waals surface area contributed by atoms with Gasteiger partial charge in [-0.15, -0.1) is 11.3 Å². The van der Waals surface area contributed by atoms with Crippen LogP contribution in [0.5, 0.6) is 11.5 Å². The van der Waals surface area contributed by atoms with Crippen molar-refractivity contribution < 1.29 is 46.2 Å². The topological polar surface area (TPSA) is 201 Å². The van der Waals surface area contributed by atoms with Gasteiger partial charge in [0.05, 0.1) is 34.3 Å². The van der Waals surface area contributed by atoms with Crippen molar-refractivity contribution >= 4 is 60.9 Å². The molecule has 16 nitrogen and oxygen atoms in total. The number of pyridine rings is 1. The lowest BCUT2D eigenvalue weighted by molar-refractivity contribution is -0.384. The van der Waals surface area contributed by atoms with Gasteiger partial charge in [-0.1, -0.05) is 19.4 Å². The summed E-state index contributed by atoms with van der Waals surface area (Å²) in [6, 6.07) is 17.4. The van der Waals surface area contributed by atoms with E-state index in [1.807, 2.05) is 17.5 Å². The van der Waals surface area contributed by atoms with Gasteiger partial charge in [-0.3, -0.25) is 19.8 Å². The molecule has 1 amide bonds. The van der Waals surface area contributed by atoms with Crippen molar-refractivity contribution in [2.45, 2.75) is 56.8 Å². The molecule has 0 saturated carbocycles. The number of anilines is 2. The largest absolute Gasteiger partial charge is 0.455 e. The summed E-state index contributed by atoms with van der Waals surface area (Å²) in [4.78, 5) is 38.0. The quantitative estimate of drug-likeness (QED) is 0.0597. The number of aromatic nitrogens is 2. The van der Waals surface area contributed by atoms with Gasteiger partial charge >= 0.3 is 0 Å². The molecule has 3 aliphatic rings. The van der Waals surface area contributed by atoms with Crippen molar-refractivity contribution in [3.8, 4) is 22.6 Å². The summed E-state index contributed by atoms with van der Waals surface area (Å²) in [5, 5.41) is 27.7. The number of carbonyl (C=O) groups is 1. The molecule has 6 aromatic rings. The van der Waals surface area contributed by atoms with E-state index in [4.69, 9.17) is 14.2 Å². The number of piperazine rings is 1. The Morgan fingerprint density at radius 1 is 1.06 bits per heavy atom. The Balaban J connectivity index is 0.916. The van der Waals surface area contributed by atoms with Crippen LogP contribution in [0.25, 0.3) is 27.7 Å². The lowest BCUT2D eigenvalue weighted by Crippen LogP contribution is -2.47. The maximum Gasteiger partial charge on any atom is 0.293 e. The number of nitro groups is 1. The highest BCUT2D eigenvalue weighted by Gasteiger charge is 2.33. The third-order valence-corrected chi connectivity index (χ3v) is 15.0. The second kappa shape index (κ2) is 19.2. The molecule has 0 radical (unpaired) electrons. The molecule has 2 fully saturated rings. The molecule has 0 bridgehead atoms. The highest BCUT2D eigenvalue weighted by molar-refractivity contribution is 7.90. The highest BCUT2D eigenvalue weighted by Crippen LogP contribution is 2.46. The fraction of sp³-hybridized carbons (Fsp3) is 0.347. The third-order valence-electron chi connectivity index (χ3n) is 12.7. The van der Waals surface area contributed by atoms with Crippen LogP contribution in [0.1, 0.15) is 55.3 Å². The third kappa shape index (κ3) is 11.0. The van der Waals surface area contributed by atoms with E-state index < -0.39 is 55.0 Å². The van der Waals surface area contributed by atoms with E-state index in [2.05, 4.69) is 43.7 Å². The molecule has 3 aromatic heterocycles. The Labute approximate surface area is 401 Å². The fourth-order valence-corrected chi connectivity index (χ4v) is 10.8. The van der Waals surface area contributed by atoms with Crippen LogP contribution < -0.4 is 19.7 Å². The van der Waals surface area contributed by atoms with E-state index in [0.717, 1.165) is 78.6 Å². The lowest BCUT2D eigenvalue weighted by atomic mass is 9.73. The van der Waals surface area contributed by atoms with Crippen molar-refractivity contribution in [1.82, 2.24) is 19.6 Å². The zero-order valence-corrected chi connectivity index (χ0v) is 39.7. The van der Waals surface area contributed by atoms with E-state index in [0.29, 0.717) is 30.0 Å². The van der Waals surface area contributed by atoms with Gasteiger partial charge in [0.15, 0.2) is 5.79 Å². The van der Waals surface area contributed by atoms with Crippen molar-refractivity contribution in [1.29, 1.82) is 0 Å². The minimum Gasteiger partial charge on any atom is -0.455 e. The number of amides is 1. The zero-order valence-electron chi connectivity index (χ0n) is 38.1. The molecule has 0 unspecified atom stereocenters. The molecule has 2 atom stereocenters. The van der Waals surface area contributed by atoms with Crippen LogP contribution in [0, 0.1) is 27.2 Å². The number of ether oxygens (including phenoxy) is 3. The fourth-order valence-electron chi connectivity index (χ4n) is 8.83. The number of fused-ring (bicyclic) bond motifs is 1. The Bertz CT molecular complexity index is 3070. The number of carbonyl (C=O) groups excluding carboxylic acids is 1. The summed E-state index contributed by atoms with van der Waals surface area (Å²) < 4.78 is 75.2. The average molecular weight is 984 g/mol. The number of hydrogen-bond donors (Lipinski definition) is 4. The number of aromatic amines is 1. The summed E-state index contributed by atoms with van der Waals surface area (Å²) in [7, 11) is -4.65. The summed E-state index contributed by atoms with van der Waals surface area (Å²) in [6.45, 7) is 9.50. The van der Waals surface area contributed by atoms with Crippen molar-refractivity contribution in [2.24, 2.45) is 5.41 Å². The van der Waals surface area contributed by atoms with Gasteiger partial charge in [-0.25, -0.2) is 26.9 Å². The zero-order chi connectivity index (χ0) is 48.7. The minimum absolute atomic E-state index is 0.0152. The van der Waals surface area contributed by atoms with Gasteiger partial charge in [-0.05, 0) is 103 Å². The maximum absolute atomic E-state index is 14.8. The SMILES string of the molecule is CC1(C)CCC(CN2CCN(c3ccc(C(=O)NS(=O)(=O)c4ccc(NC[C@H]5CO[C@](C)(O)CO5)c([N+](=O)[O-])c4)c(Oc4cnc5[nH]ccc5c4)c3)CC2)=C(c2cc(-c3ccc(F)cc3F)cs2)C1. The maximum atomic E-state index is 14.8. The van der Waals surface area contributed by atoms with Gasteiger partial charge in [0.2, 0.25) is 0 Å². The molecule has 2 saturated heterocycles. The number of nitro benzene ring substituents is 1. The molecule has 20 heteroatoms. The number of benzene rings is 3. The standard InChI is InChI=1S/C49H51F2N7O9S2/c1-48(2)12-10-31(40(23-48)45-19-32(28-68-45)38-7-4-33(50)20-41(38)51)26-56-14-16-57(17-15-56)34-5-8-39(44(21-34)67-35-18-30-11-13-52-46(30)54-24-35)47(59)55-69(63,64)37-6-9-42(43(22-37)58(61)62)53-25-36-27-66-49(3,60)29-65-36/h4-9,11,13,18-22,24,28,36,53,60H,10,12,14-17,23,25-27,29H2,1-3H3,(H,52,54)(H,55,59)/t36-,49-/m0/s1. The Morgan fingerprint density at radius 3 is 2.62 bits per heavy atom. The molecule has 5 heterocycles. The van der Waals surface area contributed by atoms with Crippen molar-refractivity contribution in [3.05, 3.63) is 128 Å². The van der Waals surface area contributed by atoms with Gasteiger partial charge in [0.25, 0.3) is 21.6 Å². The second-order valence-electron chi connectivity index (χ2n) is 18.5. The average Bonchev–Trinajstić information content (AvgIpc) is 4.00. The van der Waals surface area contributed by atoms with Crippen LogP contribution in [-0.4, -0.2) is 104 Å². The number of rotatable bonds is 14. The van der Waals surface area contributed by atoms with Crippen LogP contribution in [0.15, 0.2) is 101 Å². The second-order valence-corrected chi connectivity index (χ2v) is 21.1. The molecule has 69 heavy (non-hydrogen) atoms. The van der Waals surface area contributed by atoms with E-state index in [1.54, 1.807) is 35.7 Å². The van der Waals surface area contributed by atoms with Crippen molar-refractivity contribution in [3.63, 3.8) is 0 Å². The van der Waals surface area contributed by atoms with Gasteiger partial charge < -0.3 is 34.5 Å². The number of aliphatic hydroxyl groups is 1. The summed E-state index contributed by atoms with van der Waals surface area (Å²) >= 11 is 1.58. The normalized spacial score (nSPS) is 20.0. The summed E-state index contributed by atoms with van der Waals surface area (Å²) in [6.07, 6.45) is 5.54. The lowest BCUT2D eigenvalue weighted by Gasteiger charge is -2.39. The molecule has 4 N–H and O–H groups in total. The van der Waals surface area contributed by atoms with Crippen LogP contribution in [-0.2, 0) is 19.5 Å². The number of halogens is 2. The number of nitrogens with zero attached hydrogens (tertiary/aromatic N) is 4. The first kappa shape index (κ1) is 47.8. The molecule has 362 valence electrons. The Hall–Kier alpha value is -6.29. The first-order valence-corrected chi connectivity index (χ1v) is 24.8. The smallest absolute Gasteiger partial charge is 0.293 e. The number of H-pyrrole nitrogens is 1. The van der Waals surface area contributed by atoms with Crippen LogP contribution in [0.2, 0.25) is 0 Å². The van der Waals surface area contributed by atoms with E-state index in [-0.39, 0.29) is 42.2 Å². The predicted molar refractivity (Wildman–Crippen MR) is 258 cm³/mol. The number of thiophene rings is 1. The van der Waals surface area contributed by atoms with Crippen LogP contribution in [0.3, 0.4) is 0 Å². The number of hydrogen-bond acceptors (Lipinski definition) is 14. The molecular formula is C49H51F2N7O9S2. The molecule has 2 aliphatic heterocycles. The molecule has 1 aliphatic carbocycles. The van der Waals surface area contributed by atoms with Gasteiger partial charge in [-0.2, -0.15) is 0 Å². The van der Waals surface area contributed by atoms with E-state index in [1.165, 1.54) is 48.5 Å². The van der Waals surface area contributed by atoms with Gasteiger partial charge in [0, 0.05) is 85.2 Å². The van der Waals surface area contributed by atoms with Crippen LogP contribution >= 0.6 is 11.3 Å². The van der Waals surface area contributed by atoms with Crippen molar-refractivity contribution in [2.75, 3.05) is 62.7 Å². The van der Waals surface area contributed by atoms with Gasteiger partial charge in [0.1, 0.15) is 41.1 Å². The molecular weight excluding hydrogens is 933 g/mol. The first-order chi connectivity index (χ1) is 32.9. The Kier molecular flexibility index (Phi) is 13.3. The van der Waals surface area contributed by atoms with E-state index in [9.17, 15) is 37.2 Å². The van der Waals surface area contributed by atoms with E-state index >= 15 is 0 Å². The molecule has 0 spiro atoms. The minimum atomic E-state index is -4.65. The highest BCUT2D eigenvalue weighted by atomic mass is 32.2.